The zero-order chi connectivity index (χ0) is 45.7. The minimum atomic E-state index is -0.537. The third-order valence-corrected chi connectivity index (χ3v) is 14.3. The molecule has 0 radical (unpaired) electrons. The van der Waals surface area contributed by atoms with E-state index in [9.17, 15) is 0 Å². The normalized spacial score (nSPS) is 12.5. The van der Waals surface area contributed by atoms with Gasteiger partial charge in [-0.1, -0.05) is 212 Å². The molecule has 1 aromatic heterocycles. The molecule has 69 heavy (non-hydrogen) atoms. The largest absolute Gasteiger partial charge is 0.310 e. The summed E-state index contributed by atoms with van der Waals surface area (Å²) in [7, 11) is 0. The first kappa shape index (κ1) is 40.3. The molecule has 0 fully saturated rings. The van der Waals surface area contributed by atoms with Crippen LogP contribution in [-0.4, -0.2) is 4.57 Å². The van der Waals surface area contributed by atoms with Crippen molar-refractivity contribution in [1.29, 1.82) is 0 Å². The van der Waals surface area contributed by atoms with E-state index in [2.05, 4.69) is 289 Å². The van der Waals surface area contributed by atoms with Crippen molar-refractivity contribution < 1.29 is 0 Å². The van der Waals surface area contributed by atoms with Gasteiger partial charge in [0.25, 0.3) is 0 Å². The lowest BCUT2D eigenvalue weighted by atomic mass is 9.67. The number of fused-ring (bicyclic) bond motifs is 6. The summed E-state index contributed by atoms with van der Waals surface area (Å²) in [6.45, 7) is 0. The molecule has 0 spiro atoms. The molecule has 0 amide bonds. The molecule has 1 aliphatic rings. The number of nitrogens with zero attached hydrogens (tertiary/aromatic N) is 2. The molecule has 0 unspecified atom stereocenters. The van der Waals surface area contributed by atoms with Gasteiger partial charge in [-0.05, 0) is 128 Å². The van der Waals surface area contributed by atoms with Gasteiger partial charge in [0.2, 0.25) is 0 Å². The highest BCUT2D eigenvalue weighted by Crippen LogP contribution is 2.57. The molecule has 1 aliphatic carbocycles. The van der Waals surface area contributed by atoms with Gasteiger partial charge in [-0.3, -0.25) is 0 Å². The number of rotatable bonds is 9. The Morgan fingerprint density at radius 1 is 0.290 bits per heavy atom. The Hall–Kier alpha value is -8.98. The fraction of sp³-hybridized carbons (Fsp3) is 0.0149. The quantitative estimate of drug-likeness (QED) is 0.140. The number of benzene rings is 11. The average Bonchev–Trinajstić information content (AvgIpc) is 3.92. The molecule has 0 aliphatic heterocycles. The number of para-hydroxylation sites is 3. The van der Waals surface area contributed by atoms with Gasteiger partial charge in [-0.15, -0.1) is 0 Å². The highest BCUT2D eigenvalue weighted by Gasteiger charge is 2.46. The van der Waals surface area contributed by atoms with Crippen LogP contribution in [0.5, 0.6) is 0 Å². The SMILES string of the molecule is c1ccc(-c2cccc(N(c3ccc4c(c3)C(c3ccccc3)(c3ccccc3)c3ccccc3-4)c3ccccc3-c3cccc(-c4ccc5c(c4)c4ccccc4n5-c4ccccc4)c3)c2)cc1. The number of hydrogen-bond donors (Lipinski definition) is 0. The Labute approximate surface area is 403 Å². The van der Waals surface area contributed by atoms with Crippen LogP contribution in [0.15, 0.2) is 279 Å². The first-order chi connectivity index (χ1) is 34.2. The molecular formula is C67H46N2. The smallest absolute Gasteiger partial charge is 0.0714 e. The third-order valence-electron chi connectivity index (χ3n) is 14.3. The summed E-state index contributed by atoms with van der Waals surface area (Å²) in [6, 6.07) is 102. The maximum atomic E-state index is 2.48. The molecule has 2 nitrogen and oxygen atoms in total. The van der Waals surface area contributed by atoms with Crippen molar-refractivity contribution in [3.05, 3.63) is 301 Å². The molecule has 0 atom stereocenters. The van der Waals surface area contributed by atoms with Crippen molar-refractivity contribution in [2.45, 2.75) is 5.41 Å². The van der Waals surface area contributed by atoms with Crippen LogP contribution in [0.25, 0.3) is 72.0 Å². The second-order valence-electron chi connectivity index (χ2n) is 18.0. The lowest BCUT2D eigenvalue weighted by Gasteiger charge is -2.35. The average molecular weight is 879 g/mol. The van der Waals surface area contributed by atoms with E-state index in [1.165, 1.54) is 71.9 Å². The van der Waals surface area contributed by atoms with E-state index in [0.717, 1.165) is 39.4 Å². The maximum absolute atomic E-state index is 2.48. The van der Waals surface area contributed by atoms with E-state index >= 15 is 0 Å². The molecule has 1 heterocycles. The molecular weight excluding hydrogens is 833 g/mol. The summed E-state index contributed by atoms with van der Waals surface area (Å²) in [5, 5.41) is 2.48. The highest BCUT2D eigenvalue weighted by atomic mass is 15.1. The van der Waals surface area contributed by atoms with Crippen LogP contribution in [-0.2, 0) is 5.41 Å². The fourth-order valence-corrected chi connectivity index (χ4v) is 11.2. The Balaban J connectivity index is 1.00. The molecule has 0 saturated carbocycles. The summed E-state index contributed by atoms with van der Waals surface area (Å²) in [5.74, 6) is 0. The molecule has 0 saturated heterocycles. The maximum Gasteiger partial charge on any atom is 0.0714 e. The summed E-state index contributed by atoms with van der Waals surface area (Å²) in [4.78, 5) is 2.48. The van der Waals surface area contributed by atoms with Gasteiger partial charge < -0.3 is 9.47 Å². The molecule has 324 valence electrons. The number of hydrogen-bond acceptors (Lipinski definition) is 1. The Morgan fingerprint density at radius 2 is 0.826 bits per heavy atom. The molecule has 11 aromatic carbocycles. The molecule has 12 aromatic rings. The summed E-state index contributed by atoms with van der Waals surface area (Å²) >= 11 is 0. The van der Waals surface area contributed by atoms with E-state index in [-0.39, 0.29) is 0 Å². The van der Waals surface area contributed by atoms with E-state index in [1.54, 1.807) is 0 Å². The van der Waals surface area contributed by atoms with Crippen LogP contribution >= 0.6 is 0 Å². The topological polar surface area (TPSA) is 8.17 Å². The van der Waals surface area contributed by atoms with Gasteiger partial charge >= 0.3 is 0 Å². The van der Waals surface area contributed by atoms with Gasteiger partial charge in [0.1, 0.15) is 0 Å². The molecule has 13 rings (SSSR count). The second-order valence-corrected chi connectivity index (χ2v) is 18.0. The summed E-state index contributed by atoms with van der Waals surface area (Å²) in [6.07, 6.45) is 0. The standard InChI is InChI=1S/C67H46N2/c1-5-21-47(22-6-1)49-24-20-32-55(44-49)68(56-40-41-59-58-34-13-16-36-62(58)67(63(59)46-56,52-26-7-2-8-27-52)53-28-9-3-10-29-53)64-37-17-14-33-57(64)51-25-19-23-48(43-51)50-39-42-66-61(45-50)60-35-15-18-38-65(60)69(66)54-30-11-4-12-31-54/h1-46H. The van der Waals surface area contributed by atoms with Gasteiger partial charge in [0.05, 0.1) is 22.1 Å². The van der Waals surface area contributed by atoms with Crippen LogP contribution in [0.3, 0.4) is 0 Å². The lowest BCUT2D eigenvalue weighted by molar-refractivity contribution is 0.768. The van der Waals surface area contributed by atoms with E-state index in [0.29, 0.717) is 0 Å². The van der Waals surface area contributed by atoms with E-state index in [4.69, 9.17) is 0 Å². The van der Waals surface area contributed by atoms with Crippen molar-refractivity contribution in [2.75, 3.05) is 4.90 Å². The molecule has 0 N–H and O–H groups in total. The number of anilines is 3. The van der Waals surface area contributed by atoms with Gasteiger partial charge in [0.15, 0.2) is 0 Å². The predicted octanol–water partition coefficient (Wildman–Crippen LogP) is 17.6. The van der Waals surface area contributed by atoms with Crippen LogP contribution in [0.2, 0.25) is 0 Å². The number of aromatic nitrogens is 1. The molecule has 2 heteroatoms. The zero-order valence-corrected chi connectivity index (χ0v) is 38.0. The van der Waals surface area contributed by atoms with Crippen LogP contribution in [0, 0.1) is 0 Å². The van der Waals surface area contributed by atoms with Crippen molar-refractivity contribution in [2.24, 2.45) is 0 Å². The Kier molecular flexibility index (Phi) is 9.77. The fourth-order valence-electron chi connectivity index (χ4n) is 11.2. The summed E-state index contributed by atoms with van der Waals surface area (Å²) < 4.78 is 2.38. The van der Waals surface area contributed by atoms with Crippen molar-refractivity contribution in [3.63, 3.8) is 0 Å². The third kappa shape index (κ3) is 6.64. The summed E-state index contributed by atoms with van der Waals surface area (Å²) in [5.41, 5.74) is 20.9. The van der Waals surface area contributed by atoms with Crippen LogP contribution < -0.4 is 4.90 Å². The Morgan fingerprint density at radius 3 is 1.59 bits per heavy atom. The first-order valence-electron chi connectivity index (χ1n) is 23.8. The minimum Gasteiger partial charge on any atom is -0.310 e. The minimum absolute atomic E-state index is 0.537. The van der Waals surface area contributed by atoms with E-state index in [1.807, 2.05) is 0 Å². The van der Waals surface area contributed by atoms with Gasteiger partial charge in [-0.25, -0.2) is 0 Å². The first-order valence-corrected chi connectivity index (χ1v) is 23.8. The van der Waals surface area contributed by atoms with Crippen molar-refractivity contribution in [1.82, 2.24) is 4.57 Å². The van der Waals surface area contributed by atoms with Crippen LogP contribution in [0.4, 0.5) is 17.1 Å². The monoisotopic (exact) mass is 878 g/mol. The lowest BCUT2D eigenvalue weighted by Crippen LogP contribution is -2.28. The van der Waals surface area contributed by atoms with Crippen molar-refractivity contribution >= 4 is 38.9 Å². The zero-order valence-electron chi connectivity index (χ0n) is 38.0. The highest BCUT2D eigenvalue weighted by molar-refractivity contribution is 6.10. The van der Waals surface area contributed by atoms with Gasteiger partial charge in [0, 0.05) is 33.4 Å². The molecule has 0 bridgehead atoms. The van der Waals surface area contributed by atoms with Crippen molar-refractivity contribution in [3.8, 4) is 50.2 Å². The second kappa shape index (κ2) is 16.7. The van der Waals surface area contributed by atoms with Gasteiger partial charge in [-0.2, -0.15) is 0 Å². The Bertz CT molecular complexity index is 3790. The predicted molar refractivity (Wildman–Crippen MR) is 289 cm³/mol. The van der Waals surface area contributed by atoms with Crippen LogP contribution in [0.1, 0.15) is 22.3 Å². The van der Waals surface area contributed by atoms with E-state index < -0.39 is 5.41 Å².